The molecule has 0 bridgehead atoms. The van der Waals surface area contributed by atoms with Gasteiger partial charge in [0.1, 0.15) is 0 Å². The summed E-state index contributed by atoms with van der Waals surface area (Å²) in [6.07, 6.45) is 5.69. The van der Waals surface area contributed by atoms with Gasteiger partial charge in [0.15, 0.2) is 0 Å². The summed E-state index contributed by atoms with van der Waals surface area (Å²) in [6, 6.07) is -0.556. The molecule has 0 aromatic carbocycles. The highest BCUT2D eigenvalue weighted by Crippen LogP contribution is 2.24. The highest BCUT2D eigenvalue weighted by atomic mass is 16.4. The van der Waals surface area contributed by atoms with E-state index < -0.39 is 5.97 Å². The van der Waals surface area contributed by atoms with Gasteiger partial charge < -0.3 is 20.8 Å². The van der Waals surface area contributed by atoms with Crippen LogP contribution in [0.15, 0.2) is 12.7 Å². The minimum absolute atomic E-state index is 0.0179. The lowest BCUT2D eigenvalue weighted by Gasteiger charge is -2.27. The number of carboxylic acids is 1. The van der Waals surface area contributed by atoms with E-state index in [1.165, 1.54) is 0 Å². The van der Waals surface area contributed by atoms with Crippen molar-refractivity contribution in [3.05, 3.63) is 12.7 Å². The first-order valence-electron chi connectivity index (χ1n) is 7.08. The molecule has 1 atom stereocenters. The number of hydrogen-bond donors (Lipinski definition) is 4. The van der Waals surface area contributed by atoms with Gasteiger partial charge in [0.05, 0.1) is 18.6 Å². The topological polar surface area (TPSA) is 98.7 Å². The molecule has 6 heteroatoms. The van der Waals surface area contributed by atoms with Crippen molar-refractivity contribution in [2.75, 3.05) is 6.61 Å². The maximum atomic E-state index is 11.8. The molecule has 0 aromatic heterocycles. The van der Waals surface area contributed by atoms with Crippen LogP contribution in [0.3, 0.4) is 0 Å². The van der Waals surface area contributed by atoms with Crippen LogP contribution >= 0.6 is 0 Å². The Morgan fingerprint density at radius 2 is 1.95 bits per heavy atom. The number of aliphatic hydroxyl groups is 1. The second-order valence-corrected chi connectivity index (χ2v) is 5.25. The Kier molecular flexibility index (Phi) is 7.08. The zero-order valence-corrected chi connectivity index (χ0v) is 11.7. The molecule has 6 nitrogen and oxygen atoms in total. The summed E-state index contributed by atoms with van der Waals surface area (Å²) in [6.45, 7) is 3.50. The van der Waals surface area contributed by atoms with E-state index in [2.05, 4.69) is 17.2 Å². The Morgan fingerprint density at radius 3 is 2.45 bits per heavy atom. The van der Waals surface area contributed by atoms with E-state index >= 15 is 0 Å². The quantitative estimate of drug-likeness (QED) is 0.529. The van der Waals surface area contributed by atoms with Crippen molar-refractivity contribution < 1.29 is 19.8 Å². The smallest absolute Gasteiger partial charge is 0.315 e. The zero-order valence-electron chi connectivity index (χ0n) is 11.7. The Bertz CT molecular complexity index is 338. The first kappa shape index (κ1) is 16.5. The number of nitrogens with one attached hydrogen (secondary N) is 2. The van der Waals surface area contributed by atoms with E-state index in [9.17, 15) is 9.59 Å². The maximum Gasteiger partial charge on any atom is 0.315 e. The van der Waals surface area contributed by atoms with E-state index in [0.29, 0.717) is 32.1 Å². The van der Waals surface area contributed by atoms with Crippen molar-refractivity contribution in [3.63, 3.8) is 0 Å². The largest absolute Gasteiger partial charge is 0.481 e. The van der Waals surface area contributed by atoms with Gasteiger partial charge >= 0.3 is 12.0 Å². The van der Waals surface area contributed by atoms with Gasteiger partial charge in [-0.1, -0.05) is 6.08 Å². The molecule has 114 valence electrons. The van der Waals surface area contributed by atoms with Crippen LogP contribution in [0.1, 0.15) is 38.5 Å². The number of amides is 2. The summed E-state index contributed by atoms with van der Waals surface area (Å²) >= 11 is 0. The number of urea groups is 1. The molecule has 1 saturated carbocycles. The van der Waals surface area contributed by atoms with Crippen LogP contribution in [0.25, 0.3) is 0 Å². The van der Waals surface area contributed by atoms with Gasteiger partial charge in [0.2, 0.25) is 0 Å². The summed E-state index contributed by atoms with van der Waals surface area (Å²) in [4.78, 5) is 22.6. The van der Waals surface area contributed by atoms with E-state index in [0.717, 1.165) is 6.42 Å². The van der Waals surface area contributed by atoms with Crippen LogP contribution in [-0.2, 0) is 4.79 Å². The minimum Gasteiger partial charge on any atom is -0.481 e. The van der Waals surface area contributed by atoms with E-state index in [-0.39, 0.29) is 30.6 Å². The molecule has 0 aliphatic heterocycles. The fourth-order valence-corrected chi connectivity index (χ4v) is 2.43. The fraction of sp³-hybridized carbons (Fsp3) is 0.714. The molecular formula is C14H24N2O4. The molecule has 2 amide bonds. The Labute approximate surface area is 119 Å². The number of carbonyl (C=O) groups excluding carboxylic acids is 1. The molecule has 1 aliphatic carbocycles. The lowest BCUT2D eigenvalue weighted by molar-refractivity contribution is -0.142. The van der Waals surface area contributed by atoms with Gasteiger partial charge in [-0.15, -0.1) is 6.58 Å². The molecule has 0 saturated heterocycles. The molecule has 0 spiro atoms. The number of allylic oxidation sites excluding steroid dienone is 1. The molecule has 4 N–H and O–H groups in total. The molecule has 20 heavy (non-hydrogen) atoms. The SMILES string of the molecule is C=CCCC(CO)NC(=O)NC1CCC(C(=O)O)CC1. The second kappa shape index (κ2) is 8.58. The van der Waals surface area contributed by atoms with Gasteiger partial charge in [-0.2, -0.15) is 0 Å². The number of carbonyl (C=O) groups is 2. The number of aliphatic carboxylic acids is 1. The summed E-state index contributed by atoms with van der Waals surface area (Å²) in [5.74, 6) is -1.04. The number of aliphatic hydroxyl groups excluding tert-OH is 1. The maximum absolute atomic E-state index is 11.8. The summed E-state index contributed by atoms with van der Waals surface area (Å²) in [7, 11) is 0. The lowest BCUT2D eigenvalue weighted by atomic mass is 9.86. The third-order valence-electron chi connectivity index (χ3n) is 3.69. The average molecular weight is 284 g/mol. The first-order chi connectivity index (χ1) is 9.56. The van der Waals surface area contributed by atoms with E-state index in [1.807, 2.05) is 0 Å². The van der Waals surface area contributed by atoms with Gasteiger partial charge in [0.25, 0.3) is 0 Å². The van der Waals surface area contributed by atoms with Gasteiger partial charge in [-0.05, 0) is 38.5 Å². The van der Waals surface area contributed by atoms with E-state index in [4.69, 9.17) is 10.2 Å². The van der Waals surface area contributed by atoms with Crippen LogP contribution in [0.2, 0.25) is 0 Å². The van der Waals surface area contributed by atoms with Gasteiger partial charge in [0, 0.05) is 6.04 Å². The van der Waals surface area contributed by atoms with Crippen molar-refractivity contribution in [2.45, 2.75) is 50.6 Å². The molecule has 0 radical (unpaired) electrons. The minimum atomic E-state index is -0.752. The molecule has 1 unspecified atom stereocenters. The standard InChI is InChI=1S/C14H24N2O4/c1-2-3-4-12(9-17)16-14(20)15-11-7-5-10(6-8-11)13(18)19/h2,10-12,17H,1,3-9H2,(H,18,19)(H2,15,16,20). The Morgan fingerprint density at radius 1 is 1.30 bits per heavy atom. The predicted molar refractivity (Wildman–Crippen MR) is 75.4 cm³/mol. The molecule has 0 heterocycles. The van der Waals surface area contributed by atoms with Crippen molar-refractivity contribution in [1.82, 2.24) is 10.6 Å². The Balaban J connectivity index is 2.28. The molecule has 1 fully saturated rings. The monoisotopic (exact) mass is 284 g/mol. The number of carboxylic acid groups (broad SMARTS) is 1. The number of hydrogen-bond acceptors (Lipinski definition) is 3. The molecule has 0 aromatic rings. The van der Waals surface area contributed by atoms with Crippen LogP contribution in [0, 0.1) is 5.92 Å². The summed E-state index contributed by atoms with van der Waals surface area (Å²) in [5.41, 5.74) is 0. The normalized spacial score (nSPS) is 23.6. The predicted octanol–water partition coefficient (Wildman–Crippen LogP) is 1.26. The van der Waals surface area contributed by atoms with E-state index in [1.54, 1.807) is 6.08 Å². The van der Waals surface area contributed by atoms with Gasteiger partial charge in [-0.3, -0.25) is 4.79 Å². The lowest BCUT2D eigenvalue weighted by Crippen LogP contribution is -2.48. The fourth-order valence-electron chi connectivity index (χ4n) is 2.43. The van der Waals surface area contributed by atoms with Crippen molar-refractivity contribution in [2.24, 2.45) is 5.92 Å². The molecule has 1 aliphatic rings. The average Bonchev–Trinajstić information content (AvgIpc) is 2.43. The third kappa shape index (κ3) is 5.61. The van der Waals surface area contributed by atoms with Crippen molar-refractivity contribution in [1.29, 1.82) is 0 Å². The molecular weight excluding hydrogens is 260 g/mol. The van der Waals surface area contributed by atoms with Crippen LogP contribution in [0.5, 0.6) is 0 Å². The molecule has 1 rings (SSSR count). The second-order valence-electron chi connectivity index (χ2n) is 5.25. The first-order valence-corrected chi connectivity index (χ1v) is 7.08. The van der Waals surface area contributed by atoms with Gasteiger partial charge in [-0.25, -0.2) is 4.79 Å². The highest BCUT2D eigenvalue weighted by molar-refractivity contribution is 5.74. The zero-order chi connectivity index (χ0) is 15.0. The Hall–Kier alpha value is -1.56. The number of rotatable bonds is 7. The van der Waals surface area contributed by atoms with Crippen LogP contribution in [-0.4, -0.2) is 40.9 Å². The summed E-state index contributed by atoms with van der Waals surface area (Å²) < 4.78 is 0. The van der Waals surface area contributed by atoms with Crippen molar-refractivity contribution >= 4 is 12.0 Å². The van der Waals surface area contributed by atoms with Crippen LogP contribution in [0.4, 0.5) is 4.79 Å². The van der Waals surface area contributed by atoms with Crippen molar-refractivity contribution in [3.8, 4) is 0 Å². The highest BCUT2D eigenvalue weighted by Gasteiger charge is 2.26. The summed E-state index contributed by atoms with van der Waals surface area (Å²) in [5, 5.41) is 23.6. The third-order valence-corrected chi connectivity index (χ3v) is 3.69. The van der Waals surface area contributed by atoms with Crippen LogP contribution < -0.4 is 10.6 Å².